The first-order chi connectivity index (χ1) is 11.0. The SMILES string of the molecule is CC(C)n1cc(NC(=O)C(C)(C)c2cccc(C(F)(F)F)c2)cn1. The highest BCUT2D eigenvalue weighted by atomic mass is 19.4. The Bertz CT molecular complexity index is 733. The van der Waals surface area contributed by atoms with E-state index in [9.17, 15) is 18.0 Å². The second-order valence-corrected chi connectivity index (χ2v) is 6.46. The first kappa shape index (κ1) is 18.0. The zero-order chi connectivity index (χ0) is 18.1. The minimum atomic E-state index is -4.44. The van der Waals surface area contributed by atoms with Gasteiger partial charge in [0, 0.05) is 12.2 Å². The van der Waals surface area contributed by atoms with Gasteiger partial charge < -0.3 is 5.32 Å². The zero-order valence-corrected chi connectivity index (χ0v) is 14.0. The third kappa shape index (κ3) is 3.77. The lowest BCUT2D eigenvalue weighted by Crippen LogP contribution is -2.34. The van der Waals surface area contributed by atoms with Crippen molar-refractivity contribution in [3.63, 3.8) is 0 Å². The molecule has 0 unspecified atom stereocenters. The van der Waals surface area contributed by atoms with Crippen molar-refractivity contribution in [2.45, 2.75) is 45.3 Å². The third-order valence-corrected chi connectivity index (χ3v) is 3.87. The number of halogens is 3. The summed E-state index contributed by atoms with van der Waals surface area (Å²) in [6, 6.07) is 4.98. The number of nitrogens with one attached hydrogen (secondary N) is 1. The van der Waals surface area contributed by atoms with E-state index >= 15 is 0 Å². The molecule has 2 rings (SSSR count). The van der Waals surface area contributed by atoms with Crippen molar-refractivity contribution in [1.82, 2.24) is 9.78 Å². The number of hydrogen-bond donors (Lipinski definition) is 1. The van der Waals surface area contributed by atoms with E-state index in [-0.39, 0.29) is 6.04 Å². The average molecular weight is 339 g/mol. The number of benzene rings is 1. The van der Waals surface area contributed by atoms with Gasteiger partial charge in [0.1, 0.15) is 0 Å². The van der Waals surface area contributed by atoms with Gasteiger partial charge in [-0.25, -0.2) is 0 Å². The first-order valence-corrected chi connectivity index (χ1v) is 7.55. The molecule has 0 spiro atoms. The summed E-state index contributed by atoms with van der Waals surface area (Å²) in [4.78, 5) is 12.5. The van der Waals surface area contributed by atoms with Crippen LogP contribution in [0.4, 0.5) is 18.9 Å². The number of carbonyl (C=O) groups is 1. The van der Waals surface area contributed by atoms with Crippen LogP contribution in [0.2, 0.25) is 0 Å². The lowest BCUT2D eigenvalue weighted by atomic mass is 9.83. The van der Waals surface area contributed by atoms with E-state index in [2.05, 4.69) is 10.4 Å². The maximum Gasteiger partial charge on any atom is 0.416 e. The molecule has 1 heterocycles. The minimum absolute atomic E-state index is 0.145. The lowest BCUT2D eigenvalue weighted by molar-refractivity contribution is -0.137. The fraction of sp³-hybridized carbons (Fsp3) is 0.412. The van der Waals surface area contributed by atoms with Gasteiger partial charge in [-0.1, -0.05) is 18.2 Å². The van der Waals surface area contributed by atoms with Crippen LogP contribution in [0.15, 0.2) is 36.7 Å². The van der Waals surface area contributed by atoms with Gasteiger partial charge in [-0.2, -0.15) is 18.3 Å². The van der Waals surface area contributed by atoms with E-state index in [4.69, 9.17) is 0 Å². The molecule has 1 amide bonds. The van der Waals surface area contributed by atoms with Crippen molar-refractivity contribution in [2.75, 3.05) is 5.32 Å². The molecular weight excluding hydrogens is 319 g/mol. The Hall–Kier alpha value is -2.31. The van der Waals surface area contributed by atoms with E-state index in [0.29, 0.717) is 11.3 Å². The van der Waals surface area contributed by atoms with Crippen molar-refractivity contribution >= 4 is 11.6 Å². The molecule has 0 saturated carbocycles. The number of amides is 1. The van der Waals surface area contributed by atoms with Crippen LogP contribution in [0.1, 0.15) is 44.9 Å². The fourth-order valence-corrected chi connectivity index (χ4v) is 2.19. The number of nitrogens with zero attached hydrogens (tertiary/aromatic N) is 2. The second kappa shape index (κ2) is 6.30. The van der Waals surface area contributed by atoms with Gasteiger partial charge in [-0.15, -0.1) is 0 Å². The Labute approximate surface area is 138 Å². The maximum atomic E-state index is 12.9. The van der Waals surface area contributed by atoms with Gasteiger partial charge in [-0.3, -0.25) is 9.48 Å². The molecule has 0 radical (unpaired) electrons. The molecule has 0 atom stereocenters. The highest BCUT2D eigenvalue weighted by Crippen LogP contribution is 2.33. The Balaban J connectivity index is 2.24. The summed E-state index contributed by atoms with van der Waals surface area (Å²) >= 11 is 0. The number of carbonyl (C=O) groups excluding carboxylic acids is 1. The molecular formula is C17H20F3N3O. The van der Waals surface area contributed by atoms with Crippen LogP contribution in [0, 0.1) is 0 Å². The van der Waals surface area contributed by atoms with Gasteiger partial charge in [0.15, 0.2) is 0 Å². The molecule has 1 N–H and O–H groups in total. The average Bonchev–Trinajstić information content (AvgIpc) is 2.95. The fourth-order valence-electron chi connectivity index (χ4n) is 2.19. The van der Waals surface area contributed by atoms with Crippen LogP contribution in [0.25, 0.3) is 0 Å². The Morgan fingerprint density at radius 1 is 1.21 bits per heavy atom. The summed E-state index contributed by atoms with van der Waals surface area (Å²) in [5.74, 6) is -0.398. The summed E-state index contributed by atoms with van der Waals surface area (Å²) in [7, 11) is 0. The summed E-state index contributed by atoms with van der Waals surface area (Å²) in [6.45, 7) is 7.08. The van der Waals surface area contributed by atoms with Crippen LogP contribution in [-0.4, -0.2) is 15.7 Å². The van der Waals surface area contributed by atoms with E-state index in [0.717, 1.165) is 12.1 Å². The Morgan fingerprint density at radius 2 is 1.83 bits per heavy atom. The van der Waals surface area contributed by atoms with E-state index in [1.165, 1.54) is 18.3 Å². The maximum absolute atomic E-state index is 12.9. The largest absolute Gasteiger partial charge is 0.416 e. The summed E-state index contributed by atoms with van der Waals surface area (Å²) in [5.41, 5.74) is -1.09. The molecule has 1 aromatic heterocycles. The molecule has 4 nitrogen and oxygen atoms in total. The summed E-state index contributed by atoms with van der Waals surface area (Å²) in [5, 5.41) is 6.83. The Morgan fingerprint density at radius 3 is 2.38 bits per heavy atom. The molecule has 7 heteroatoms. The van der Waals surface area contributed by atoms with Crippen LogP contribution in [0.3, 0.4) is 0 Å². The number of rotatable bonds is 4. The number of aromatic nitrogens is 2. The van der Waals surface area contributed by atoms with Crippen LogP contribution < -0.4 is 5.32 Å². The van der Waals surface area contributed by atoms with Gasteiger partial charge in [0.05, 0.1) is 22.9 Å². The van der Waals surface area contributed by atoms with E-state index in [1.807, 2.05) is 13.8 Å². The predicted octanol–water partition coefficient (Wildman–Crippen LogP) is 4.40. The molecule has 0 bridgehead atoms. The van der Waals surface area contributed by atoms with E-state index < -0.39 is 23.1 Å². The van der Waals surface area contributed by atoms with Crippen molar-refractivity contribution in [2.24, 2.45) is 0 Å². The van der Waals surface area contributed by atoms with Crippen molar-refractivity contribution in [1.29, 1.82) is 0 Å². The molecule has 0 aliphatic heterocycles. The molecule has 0 aliphatic carbocycles. The number of hydrogen-bond acceptors (Lipinski definition) is 2. The molecule has 0 fully saturated rings. The van der Waals surface area contributed by atoms with Crippen LogP contribution in [0.5, 0.6) is 0 Å². The first-order valence-electron chi connectivity index (χ1n) is 7.55. The quantitative estimate of drug-likeness (QED) is 0.897. The predicted molar refractivity (Wildman–Crippen MR) is 85.7 cm³/mol. The van der Waals surface area contributed by atoms with Gasteiger partial charge >= 0.3 is 6.18 Å². The molecule has 1 aromatic carbocycles. The van der Waals surface area contributed by atoms with Crippen molar-refractivity contribution in [3.05, 3.63) is 47.8 Å². The van der Waals surface area contributed by atoms with Crippen molar-refractivity contribution < 1.29 is 18.0 Å². The topological polar surface area (TPSA) is 46.9 Å². The highest BCUT2D eigenvalue weighted by molar-refractivity contribution is 5.98. The molecule has 2 aromatic rings. The van der Waals surface area contributed by atoms with Crippen molar-refractivity contribution in [3.8, 4) is 0 Å². The number of anilines is 1. The third-order valence-electron chi connectivity index (χ3n) is 3.87. The molecule has 0 aliphatic rings. The van der Waals surface area contributed by atoms with Gasteiger partial charge in [0.25, 0.3) is 0 Å². The molecule has 0 saturated heterocycles. The second-order valence-electron chi connectivity index (χ2n) is 6.46. The summed E-state index contributed by atoms with van der Waals surface area (Å²) in [6.07, 6.45) is -1.24. The smallest absolute Gasteiger partial charge is 0.323 e. The van der Waals surface area contributed by atoms with Crippen LogP contribution in [-0.2, 0) is 16.4 Å². The normalized spacial score (nSPS) is 12.5. The van der Waals surface area contributed by atoms with E-state index in [1.54, 1.807) is 24.7 Å². The highest BCUT2D eigenvalue weighted by Gasteiger charge is 2.35. The van der Waals surface area contributed by atoms with Gasteiger partial charge in [0.2, 0.25) is 5.91 Å². The monoisotopic (exact) mass is 339 g/mol. The zero-order valence-electron chi connectivity index (χ0n) is 14.0. The lowest BCUT2D eigenvalue weighted by Gasteiger charge is -2.24. The molecule has 130 valence electrons. The summed E-state index contributed by atoms with van der Waals surface area (Å²) < 4.78 is 40.3. The van der Waals surface area contributed by atoms with Gasteiger partial charge in [-0.05, 0) is 39.3 Å². The Kier molecular flexibility index (Phi) is 4.73. The van der Waals surface area contributed by atoms with Crippen LogP contribution >= 0.6 is 0 Å². The standard InChI is InChI=1S/C17H20F3N3O/c1-11(2)23-10-14(9-21-23)22-15(24)16(3,4)12-6-5-7-13(8-12)17(18,19)20/h5-11H,1-4H3,(H,22,24). The minimum Gasteiger partial charge on any atom is -0.323 e. The number of alkyl halides is 3. The molecule has 24 heavy (non-hydrogen) atoms.